The van der Waals surface area contributed by atoms with Crippen LogP contribution in [0.4, 0.5) is 5.69 Å². The van der Waals surface area contributed by atoms with E-state index in [-0.39, 0.29) is 16.7 Å². The molecule has 0 radical (unpaired) electrons. The van der Waals surface area contributed by atoms with Crippen molar-refractivity contribution in [2.24, 2.45) is 5.92 Å². The van der Waals surface area contributed by atoms with Gasteiger partial charge in [-0.15, -0.1) is 0 Å². The van der Waals surface area contributed by atoms with E-state index in [2.05, 4.69) is 10.0 Å². The molecule has 0 aliphatic carbocycles. The number of carbonyl (C=O) groups is 2. The summed E-state index contributed by atoms with van der Waals surface area (Å²) in [5, 5.41) is 2.82. The number of benzene rings is 2. The zero-order valence-electron chi connectivity index (χ0n) is 19.4. The Kier molecular flexibility index (Phi) is 8.98. The smallest absolute Gasteiger partial charge is 0.242 e. The summed E-state index contributed by atoms with van der Waals surface area (Å²) in [7, 11) is -3.85. The largest absolute Gasteiger partial charge is 0.339 e. The number of amides is 2. The third-order valence-corrected chi connectivity index (χ3v) is 6.53. The van der Waals surface area contributed by atoms with Crippen molar-refractivity contribution >= 4 is 27.5 Å². The molecule has 2 amide bonds. The van der Waals surface area contributed by atoms with Crippen LogP contribution >= 0.6 is 0 Å². The highest BCUT2D eigenvalue weighted by molar-refractivity contribution is 7.89. The van der Waals surface area contributed by atoms with E-state index in [1.807, 2.05) is 33.8 Å². The second-order valence-corrected chi connectivity index (χ2v) is 10.1. The maximum atomic E-state index is 13.0. The summed E-state index contributed by atoms with van der Waals surface area (Å²) in [4.78, 5) is 26.5. The first kappa shape index (κ1) is 25.5. The van der Waals surface area contributed by atoms with Crippen LogP contribution in [-0.2, 0) is 26.2 Å². The number of sulfonamides is 1. The molecule has 0 spiro atoms. The highest BCUT2D eigenvalue weighted by Gasteiger charge is 2.26. The quantitative estimate of drug-likeness (QED) is 0.566. The number of hydrogen-bond acceptors (Lipinski definition) is 4. The van der Waals surface area contributed by atoms with Gasteiger partial charge < -0.3 is 10.2 Å². The van der Waals surface area contributed by atoms with E-state index in [4.69, 9.17) is 0 Å². The van der Waals surface area contributed by atoms with E-state index in [1.165, 1.54) is 19.1 Å². The molecule has 0 aliphatic heterocycles. The van der Waals surface area contributed by atoms with Gasteiger partial charge in [0.1, 0.15) is 6.04 Å². The highest BCUT2D eigenvalue weighted by Crippen LogP contribution is 2.17. The number of rotatable bonds is 10. The lowest BCUT2D eigenvalue weighted by Crippen LogP contribution is -2.44. The monoisotopic (exact) mass is 459 g/mol. The van der Waals surface area contributed by atoms with Crippen LogP contribution in [0.2, 0.25) is 0 Å². The molecule has 0 saturated heterocycles. The summed E-state index contributed by atoms with van der Waals surface area (Å²) in [6.45, 7) is 10.2. The number of anilines is 1. The Morgan fingerprint density at radius 3 is 2.28 bits per heavy atom. The minimum Gasteiger partial charge on any atom is -0.339 e. The maximum absolute atomic E-state index is 13.0. The molecule has 8 heteroatoms. The molecule has 2 N–H and O–H groups in total. The molecule has 2 aromatic carbocycles. The third-order valence-electron chi connectivity index (χ3n) is 5.05. The third kappa shape index (κ3) is 7.46. The summed E-state index contributed by atoms with van der Waals surface area (Å²) >= 11 is 0. The van der Waals surface area contributed by atoms with Crippen LogP contribution in [0.15, 0.2) is 53.4 Å². The molecule has 2 aromatic rings. The summed E-state index contributed by atoms with van der Waals surface area (Å²) in [5.41, 5.74) is 2.38. The van der Waals surface area contributed by atoms with Crippen LogP contribution in [0.1, 0.15) is 45.2 Å². The molecule has 0 fully saturated rings. The number of aryl methyl sites for hydroxylation is 1. The van der Waals surface area contributed by atoms with E-state index < -0.39 is 22.0 Å². The molecular formula is C24H33N3O4S. The summed E-state index contributed by atoms with van der Waals surface area (Å²) in [5.74, 6) is -0.346. The maximum Gasteiger partial charge on any atom is 0.242 e. The first-order valence-corrected chi connectivity index (χ1v) is 12.2. The average molecular weight is 460 g/mol. The minimum absolute atomic E-state index is 0.0237. The van der Waals surface area contributed by atoms with Gasteiger partial charge in [0.25, 0.3) is 0 Å². The molecule has 0 aliphatic rings. The van der Waals surface area contributed by atoms with Crippen molar-refractivity contribution in [1.29, 1.82) is 0 Å². The van der Waals surface area contributed by atoms with E-state index in [0.29, 0.717) is 25.2 Å². The first-order valence-electron chi connectivity index (χ1n) is 10.8. The molecule has 2 rings (SSSR count). The van der Waals surface area contributed by atoms with Gasteiger partial charge in [-0.3, -0.25) is 9.59 Å². The number of carbonyl (C=O) groups excluding carboxylic acids is 2. The lowest BCUT2D eigenvalue weighted by molar-refractivity contribution is -0.129. The van der Waals surface area contributed by atoms with Crippen molar-refractivity contribution in [3.63, 3.8) is 0 Å². The van der Waals surface area contributed by atoms with Gasteiger partial charge in [0.15, 0.2) is 0 Å². The van der Waals surface area contributed by atoms with Crippen LogP contribution in [0.3, 0.4) is 0 Å². The Morgan fingerprint density at radius 1 is 1.06 bits per heavy atom. The molecule has 0 heterocycles. The van der Waals surface area contributed by atoms with Crippen molar-refractivity contribution in [3.8, 4) is 0 Å². The lowest BCUT2D eigenvalue weighted by Gasteiger charge is -2.21. The summed E-state index contributed by atoms with van der Waals surface area (Å²) in [6, 6.07) is 12.8. The average Bonchev–Trinajstić information content (AvgIpc) is 2.71. The van der Waals surface area contributed by atoms with Crippen molar-refractivity contribution in [1.82, 2.24) is 9.62 Å². The van der Waals surface area contributed by atoms with Gasteiger partial charge in [0, 0.05) is 25.7 Å². The van der Waals surface area contributed by atoms with Gasteiger partial charge in [0.2, 0.25) is 21.8 Å². The van der Waals surface area contributed by atoms with Crippen LogP contribution in [0.5, 0.6) is 0 Å². The van der Waals surface area contributed by atoms with E-state index in [0.717, 1.165) is 11.1 Å². The fourth-order valence-corrected chi connectivity index (χ4v) is 4.50. The van der Waals surface area contributed by atoms with Gasteiger partial charge in [-0.05, 0) is 56.0 Å². The van der Waals surface area contributed by atoms with Crippen LogP contribution in [0, 0.1) is 12.8 Å². The molecule has 32 heavy (non-hydrogen) atoms. The van der Waals surface area contributed by atoms with E-state index in [9.17, 15) is 18.0 Å². The number of hydrogen-bond donors (Lipinski definition) is 2. The summed E-state index contributed by atoms with van der Waals surface area (Å²) in [6.07, 6.45) is 0.352. The minimum atomic E-state index is -3.85. The van der Waals surface area contributed by atoms with Crippen molar-refractivity contribution < 1.29 is 18.0 Å². The standard InChI is InChI=1S/C24H33N3O4S/c1-6-27(19(5)28)16-20-8-7-9-21(15-20)25-24(29)23(14-17(2)3)26-32(30,31)22-12-10-18(4)11-13-22/h7-13,15,17,23,26H,6,14,16H2,1-5H3,(H,25,29). The van der Waals surface area contributed by atoms with Crippen LogP contribution < -0.4 is 10.0 Å². The molecular weight excluding hydrogens is 426 g/mol. The van der Waals surface area contributed by atoms with E-state index in [1.54, 1.807) is 35.2 Å². The zero-order valence-corrected chi connectivity index (χ0v) is 20.2. The molecule has 7 nitrogen and oxygen atoms in total. The number of nitrogens with zero attached hydrogens (tertiary/aromatic N) is 1. The molecule has 0 aromatic heterocycles. The van der Waals surface area contributed by atoms with Gasteiger partial charge in [0.05, 0.1) is 4.90 Å². The van der Waals surface area contributed by atoms with Crippen LogP contribution in [-0.4, -0.2) is 37.7 Å². The molecule has 0 bridgehead atoms. The van der Waals surface area contributed by atoms with E-state index >= 15 is 0 Å². The molecule has 1 atom stereocenters. The van der Waals surface area contributed by atoms with Crippen LogP contribution in [0.25, 0.3) is 0 Å². The topological polar surface area (TPSA) is 95.6 Å². The van der Waals surface area contributed by atoms with Crippen molar-refractivity contribution in [2.75, 3.05) is 11.9 Å². The Balaban J connectivity index is 2.18. The van der Waals surface area contributed by atoms with Gasteiger partial charge in [-0.25, -0.2) is 8.42 Å². The Morgan fingerprint density at radius 2 is 1.72 bits per heavy atom. The van der Waals surface area contributed by atoms with Gasteiger partial charge in [-0.1, -0.05) is 43.7 Å². The lowest BCUT2D eigenvalue weighted by atomic mass is 10.0. The first-order chi connectivity index (χ1) is 15.0. The second kappa shape index (κ2) is 11.2. The molecule has 1 unspecified atom stereocenters. The zero-order chi connectivity index (χ0) is 23.9. The SMILES string of the molecule is CCN(Cc1cccc(NC(=O)C(CC(C)C)NS(=O)(=O)c2ccc(C)cc2)c1)C(C)=O. The van der Waals surface area contributed by atoms with Crippen molar-refractivity contribution in [3.05, 3.63) is 59.7 Å². The Hall–Kier alpha value is -2.71. The van der Waals surface area contributed by atoms with Crippen molar-refractivity contribution in [2.45, 2.75) is 58.5 Å². The highest BCUT2D eigenvalue weighted by atomic mass is 32.2. The fraction of sp³-hybridized carbons (Fsp3) is 0.417. The molecule has 174 valence electrons. The normalized spacial score (nSPS) is 12.4. The summed E-state index contributed by atoms with van der Waals surface area (Å²) < 4.78 is 28.2. The Bertz CT molecular complexity index is 1030. The number of nitrogens with one attached hydrogen (secondary N) is 2. The Labute approximate surface area is 191 Å². The fourth-order valence-electron chi connectivity index (χ4n) is 3.30. The van der Waals surface area contributed by atoms with Gasteiger partial charge >= 0.3 is 0 Å². The predicted octanol–water partition coefficient (Wildman–Crippen LogP) is 3.70. The second-order valence-electron chi connectivity index (χ2n) is 8.34. The van der Waals surface area contributed by atoms with Gasteiger partial charge in [-0.2, -0.15) is 4.72 Å². The predicted molar refractivity (Wildman–Crippen MR) is 127 cm³/mol. The molecule has 0 saturated carbocycles.